The quantitative estimate of drug-likeness (QED) is 0.278. The van der Waals surface area contributed by atoms with Crippen LogP contribution in [-0.4, -0.2) is 66.9 Å². The molecule has 0 aromatic heterocycles. The minimum Gasteiger partial charge on any atom is -0.466 e. The fourth-order valence-electron chi connectivity index (χ4n) is 5.58. The van der Waals surface area contributed by atoms with Gasteiger partial charge in [-0.3, -0.25) is 19.7 Å². The molecule has 11 nitrogen and oxygen atoms in total. The first-order valence-electron chi connectivity index (χ1n) is 13.9. The summed E-state index contributed by atoms with van der Waals surface area (Å²) in [6.07, 6.45) is 0. The Labute approximate surface area is 245 Å². The number of anilines is 1. The van der Waals surface area contributed by atoms with Crippen LogP contribution in [-0.2, 0) is 19.1 Å². The summed E-state index contributed by atoms with van der Waals surface area (Å²) in [5, 5.41) is 17.6. The Kier molecular flexibility index (Phi) is 9.29. The molecule has 0 spiro atoms. The maximum atomic E-state index is 14.0. The zero-order chi connectivity index (χ0) is 30.6. The Bertz CT molecular complexity index is 1430. The average Bonchev–Trinajstić information content (AvgIpc) is 2.99. The van der Waals surface area contributed by atoms with E-state index in [4.69, 9.17) is 4.74 Å². The summed E-state index contributed by atoms with van der Waals surface area (Å²) >= 11 is 0. The van der Waals surface area contributed by atoms with E-state index in [0.29, 0.717) is 43.1 Å². The number of hydrogen-bond donors (Lipinski definition) is 2. The summed E-state index contributed by atoms with van der Waals surface area (Å²) in [5.74, 6) is -2.56. The second-order valence-corrected chi connectivity index (χ2v) is 10.8. The number of esters is 1. The summed E-state index contributed by atoms with van der Waals surface area (Å²) < 4.78 is 5.04. The lowest BCUT2D eigenvalue weighted by Crippen LogP contribution is -2.57. The normalized spacial score (nSPS) is 18.0. The highest BCUT2D eigenvalue weighted by atomic mass is 16.6. The highest BCUT2D eigenvalue weighted by Gasteiger charge is 2.39. The molecule has 42 heavy (non-hydrogen) atoms. The summed E-state index contributed by atoms with van der Waals surface area (Å²) in [5.41, 5.74) is 2.62. The van der Waals surface area contributed by atoms with Gasteiger partial charge in [0, 0.05) is 61.0 Å². The average molecular weight is 576 g/mol. The van der Waals surface area contributed by atoms with Crippen molar-refractivity contribution in [3.05, 3.63) is 92.8 Å². The number of methoxy groups -OCH3 is 1. The second-order valence-electron chi connectivity index (χ2n) is 10.8. The minimum absolute atomic E-state index is 0.165. The number of hydrogen-bond acceptors (Lipinski definition) is 8. The van der Waals surface area contributed by atoms with Gasteiger partial charge in [-0.1, -0.05) is 44.2 Å². The highest BCUT2D eigenvalue weighted by Crippen LogP contribution is 2.39. The molecule has 2 amide bonds. The largest absolute Gasteiger partial charge is 0.466 e. The molecule has 1 saturated heterocycles. The number of carbonyl (C=O) groups is 3. The van der Waals surface area contributed by atoms with Crippen molar-refractivity contribution in [3.63, 3.8) is 0 Å². The number of dihydropyridines is 1. The fourth-order valence-corrected chi connectivity index (χ4v) is 5.58. The number of piperazine rings is 1. The molecule has 1 unspecified atom stereocenters. The van der Waals surface area contributed by atoms with Crippen LogP contribution in [0.15, 0.2) is 77.1 Å². The van der Waals surface area contributed by atoms with E-state index in [2.05, 4.69) is 15.5 Å². The number of para-hydroxylation sites is 1. The maximum Gasteiger partial charge on any atom is 0.336 e. The van der Waals surface area contributed by atoms with Gasteiger partial charge in [-0.25, -0.2) is 4.79 Å². The Morgan fingerprint density at radius 1 is 0.976 bits per heavy atom. The topological polar surface area (TPSA) is 134 Å². The lowest BCUT2D eigenvalue weighted by Gasteiger charge is -2.38. The molecular formula is C31H37N5O6. The standard InChI is InChI=1S/C31H37N5O6/c1-19(2)28(30(38)35-16-14-34(15-17-35)23-11-7-6-8-12-23)33-29(37)25-20(3)32-21(4)26(31(39)42-5)27(25)22-10-9-13-24(18-22)36(40)41/h6-13,18-19,27-28,32H,14-17H2,1-5H3,(H,33,37)/t27-,28?/m0/s1. The lowest BCUT2D eigenvalue weighted by molar-refractivity contribution is -0.384. The monoisotopic (exact) mass is 575 g/mol. The molecule has 0 bridgehead atoms. The molecule has 2 heterocycles. The van der Waals surface area contributed by atoms with Gasteiger partial charge in [-0.2, -0.15) is 0 Å². The van der Waals surface area contributed by atoms with Gasteiger partial charge >= 0.3 is 5.97 Å². The summed E-state index contributed by atoms with van der Waals surface area (Å²) in [6.45, 7) is 9.49. The maximum absolute atomic E-state index is 14.0. The van der Waals surface area contributed by atoms with Crippen LogP contribution in [0.1, 0.15) is 39.2 Å². The number of allylic oxidation sites excluding steroid dienone is 2. The number of non-ortho nitro benzene ring substituents is 1. The Hall–Kier alpha value is -4.67. The van der Waals surface area contributed by atoms with E-state index in [1.165, 1.54) is 25.3 Å². The SMILES string of the molecule is COC(=O)C1=C(C)NC(C)=C(C(=O)NC(C(=O)N2CCN(c3ccccc3)CC2)C(C)C)[C@@H]1c1cccc([N+](=O)[O-])c1. The molecule has 0 saturated carbocycles. The third-order valence-corrected chi connectivity index (χ3v) is 7.76. The molecular weight excluding hydrogens is 538 g/mol. The molecule has 2 aliphatic heterocycles. The van der Waals surface area contributed by atoms with E-state index in [-0.39, 0.29) is 28.7 Å². The van der Waals surface area contributed by atoms with Crippen molar-refractivity contribution in [1.29, 1.82) is 0 Å². The predicted molar refractivity (Wildman–Crippen MR) is 158 cm³/mol. The van der Waals surface area contributed by atoms with E-state index in [0.717, 1.165) is 5.69 Å². The van der Waals surface area contributed by atoms with Gasteiger partial charge in [-0.15, -0.1) is 0 Å². The van der Waals surface area contributed by atoms with Crippen LogP contribution < -0.4 is 15.5 Å². The van der Waals surface area contributed by atoms with Crippen molar-refractivity contribution in [1.82, 2.24) is 15.5 Å². The molecule has 0 aliphatic carbocycles. The first-order chi connectivity index (χ1) is 20.0. The van der Waals surface area contributed by atoms with Crippen molar-refractivity contribution < 1.29 is 24.0 Å². The van der Waals surface area contributed by atoms with Crippen LogP contribution in [0.2, 0.25) is 0 Å². The number of nitro groups is 1. The Morgan fingerprint density at radius 3 is 2.21 bits per heavy atom. The summed E-state index contributed by atoms with van der Waals surface area (Å²) in [7, 11) is 1.24. The third kappa shape index (κ3) is 6.29. The molecule has 2 aliphatic rings. The van der Waals surface area contributed by atoms with E-state index in [1.807, 2.05) is 44.2 Å². The number of rotatable bonds is 8. The van der Waals surface area contributed by atoms with Crippen molar-refractivity contribution in [2.75, 3.05) is 38.2 Å². The van der Waals surface area contributed by atoms with Gasteiger partial charge in [-0.05, 0) is 37.5 Å². The van der Waals surface area contributed by atoms with E-state index in [1.54, 1.807) is 24.8 Å². The first-order valence-corrected chi connectivity index (χ1v) is 13.9. The van der Waals surface area contributed by atoms with Crippen molar-refractivity contribution in [3.8, 4) is 0 Å². The number of benzene rings is 2. The second kappa shape index (κ2) is 12.9. The molecule has 4 rings (SSSR count). The smallest absolute Gasteiger partial charge is 0.336 e. The van der Waals surface area contributed by atoms with E-state index in [9.17, 15) is 24.5 Å². The number of carbonyl (C=O) groups excluding carboxylic acids is 3. The van der Waals surface area contributed by atoms with Crippen molar-refractivity contribution >= 4 is 29.2 Å². The zero-order valence-electron chi connectivity index (χ0n) is 24.5. The van der Waals surface area contributed by atoms with E-state index >= 15 is 0 Å². The van der Waals surface area contributed by atoms with Gasteiger partial charge < -0.3 is 25.2 Å². The lowest BCUT2D eigenvalue weighted by atomic mass is 9.79. The van der Waals surface area contributed by atoms with Crippen LogP contribution in [0.4, 0.5) is 11.4 Å². The summed E-state index contributed by atoms with van der Waals surface area (Å²) in [6, 6.07) is 15.0. The Balaban J connectivity index is 1.61. The van der Waals surface area contributed by atoms with Gasteiger partial charge in [0.1, 0.15) is 6.04 Å². The molecule has 1 fully saturated rings. The fraction of sp³-hybridized carbons (Fsp3) is 0.387. The molecule has 2 aromatic rings. The minimum atomic E-state index is -0.948. The highest BCUT2D eigenvalue weighted by molar-refractivity contribution is 6.03. The number of amides is 2. The molecule has 11 heteroatoms. The summed E-state index contributed by atoms with van der Waals surface area (Å²) in [4.78, 5) is 55.7. The first kappa shape index (κ1) is 30.3. The third-order valence-electron chi connectivity index (χ3n) is 7.76. The molecule has 222 valence electrons. The van der Waals surface area contributed by atoms with Crippen LogP contribution >= 0.6 is 0 Å². The number of nitrogens with zero attached hydrogens (tertiary/aromatic N) is 3. The zero-order valence-corrected chi connectivity index (χ0v) is 24.5. The number of nitrogens with one attached hydrogen (secondary N) is 2. The molecule has 2 N–H and O–H groups in total. The van der Waals surface area contributed by atoms with Gasteiger partial charge in [0.05, 0.1) is 23.5 Å². The predicted octanol–water partition coefficient (Wildman–Crippen LogP) is 3.49. The van der Waals surface area contributed by atoms with E-state index < -0.39 is 28.8 Å². The van der Waals surface area contributed by atoms with Gasteiger partial charge in [0.2, 0.25) is 5.91 Å². The Morgan fingerprint density at radius 2 is 1.62 bits per heavy atom. The number of nitro benzene ring substituents is 1. The van der Waals surface area contributed by atoms with Crippen LogP contribution in [0.5, 0.6) is 0 Å². The molecule has 2 atom stereocenters. The van der Waals surface area contributed by atoms with Crippen LogP contribution in [0.3, 0.4) is 0 Å². The van der Waals surface area contributed by atoms with Crippen molar-refractivity contribution in [2.45, 2.75) is 39.7 Å². The molecule has 2 aromatic carbocycles. The van der Waals surface area contributed by atoms with Crippen LogP contribution in [0, 0.1) is 16.0 Å². The molecule has 0 radical (unpaired) electrons. The van der Waals surface area contributed by atoms with Crippen molar-refractivity contribution in [2.24, 2.45) is 5.92 Å². The number of ether oxygens (including phenoxy) is 1. The van der Waals surface area contributed by atoms with Gasteiger partial charge in [0.15, 0.2) is 0 Å². The van der Waals surface area contributed by atoms with Crippen LogP contribution in [0.25, 0.3) is 0 Å². The van der Waals surface area contributed by atoms with Gasteiger partial charge in [0.25, 0.3) is 11.6 Å².